The van der Waals surface area contributed by atoms with Crippen LogP contribution in [0.5, 0.6) is 5.75 Å². The zero-order valence-corrected chi connectivity index (χ0v) is 23.3. The van der Waals surface area contributed by atoms with Crippen LogP contribution in [0.15, 0.2) is 47.4 Å². The van der Waals surface area contributed by atoms with Gasteiger partial charge < -0.3 is 29.8 Å². The summed E-state index contributed by atoms with van der Waals surface area (Å²) in [7, 11) is 2.13. The molecule has 2 aromatic carbocycles. The maximum Gasteiger partial charge on any atom is 0.261 e. The monoisotopic (exact) mass is 540 g/mol. The molecule has 2 aromatic heterocycles. The molecule has 0 atom stereocenters. The number of rotatable bonds is 8. The molecule has 0 spiro atoms. The van der Waals surface area contributed by atoms with Crippen LogP contribution < -0.4 is 15.6 Å². The molecule has 0 aliphatic carbocycles. The lowest BCUT2D eigenvalue weighted by Crippen LogP contribution is -2.43. The van der Waals surface area contributed by atoms with Crippen molar-refractivity contribution in [3.05, 3.63) is 75.2 Å². The number of benzene rings is 2. The molecule has 1 fully saturated rings. The number of imidazole rings is 1. The Labute approximate surface area is 233 Å². The molecule has 0 radical (unpaired) electrons. The van der Waals surface area contributed by atoms with E-state index in [1.807, 2.05) is 42.2 Å². The number of nitrogens with zero attached hydrogens (tertiary/aromatic N) is 3. The summed E-state index contributed by atoms with van der Waals surface area (Å²) in [6.07, 6.45) is 4.40. The van der Waals surface area contributed by atoms with Gasteiger partial charge in [-0.05, 0) is 88.6 Å². The Kier molecular flexibility index (Phi) is 7.06. The lowest BCUT2D eigenvalue weighted by molar-refractivity contribution is 0.0617. The quantitative estimate of drug-likeness (QED) is 0.285. The number of hydrogen-bond donors (Lipinski definition) is 3. The number of aromatic amines is 2. The molecule has 208 valence electrons. The van der Waals surface area contributed by atoms with Gasteiger partial charge in [0.25, 0.3) is 11.5 Å². The zero-order valence-electron chi connectivity index (χ0n) is 23.3. The van der Waals surface area contributed by atoms with E-state index in [0.717, 1.165) is 54.7 Å². The van der Waals surface area contributed by atoms with Crippen LogP contribution in [0.25, 0.3) is 22.4 Å². The van der Waals surface area contributed by atoms with E-state index in [1.54, 1.807) is 6.20 Å². The summed E-state index contributed by atoms with van der Waals surface area (Å²) in [5, 5.41) is 3.38. The van der Waals surface area contributed by atoms with E-state index in [-0.39, 0.29) is 17.5 Å². The highest BCUT2D eigenvalue weighted by atomic mass is 16.5. The number of aryl methyl sites for hydroxylation is 2. The second kappa shape index (κ2) is 10.8. The number of likely N-dealkylation sites (tertiary alicyclic amines) is 1. The van der Waals surface area contributed by atoms with E-state index in [4.69, 9.17) is 9.72 Å². The number of aromatic nitrogens is 3. The molecule has 2 aliphatic heterocycles. The Morgan fingerprint density at radius 2 is 1.93 bits per heavy atom. The molecule has 1 amide bonds. The molecule has 2 aliphatic rings. The number of H-pyrrole nitrogens is 2. The summed E-state index contributed by atoms with van der Waals surface area (Å²) < 4.78 is 5.95. The van der Waals surface area contributed by atoms with Crippen LogP contribution in [0.1, 0.15) is 46.3 Å². The third-order valence-electron chi connectivity index (χ3n) is 8.09. The first-order valence-electron chi connectivity index (χ1n) is 14.1. The minimum Gasteiger partial charge on any atom is -0.493 e. The van der Waals surface area contributed by atoms with Crippen molar-refractivity contribution in [3.8, 4) is 17.1 Å². The van der Waals surface area contributed by atoms with Crippen molar-refractivity contribution < 1.29 is 9.53 Å². The van der Waals surface area contributed by atoms with E-state index >= 15 is 0 Å². The molecule has 6 rings (SSSR count). The molecule has 4 heterocycles. The number of fused-ring (bicyclic) bond motifs is 2. The predicted molar refractivity (Wildman–Crippen MR) is 157 cm³/mol. The number of anilines is 1. The number of carbonyl (C=O) groups excluding carboxylic acids is 1. The van der Waals surface area contributed by atoms with Crippen LogP contribution in [-0.2, 0) is 6.54 Å². The average Bonchev–Trinajstić information content (AvgIpc) is 3.48. The van der Waals surface area contributed by atoms with Crippen molar-refractivity contribution in [3.63, 3.8) is 0 Å². The average molecular weight is 541 g/mol. The molecule has 3 N–H and O–H groups in total. The van der Waals surface area contributed by atoms with Gasteiger partial charge in [-0.2, -0.15) is 0 Å². The lowest BCUT2D eigenvalue weighted by atomic mass is 10.0. The second-order valence-corrected chi connectivity index (χ2v) is 11.1. The van der Waals surface area contributed by atoms with E-state index in [0.29, 0.717) is 47.9 Å². The van der Waals surface area contributed by atoms with Crippen LogP contribution in [0.3, 0.4) is 0 Å². The van der Waals surface area contributed by atoms with Crippen molar-refractivity contribution in [2.45, 2.75) is 45.7 Å². The minimum absolute atomic E-state index is 0.0824. The fourth-order valence-electron chi connectivity index (χ4n) is 5.86. The minimum atomic E-state index is -0.229. The standard InChI is InChI=1S/C31H36N6O3/c1-19-5-6-27(20(2)15-19)40-14-4-10-32-24-7-11-33-30(38)28(24)29-34-25-16-21-18-37(22-8-12-36(3)13-9-22)31(39)23(21)17-26(25)35-29/h5-7,11,15-17,22H,4,8-10,12-14,18H2,1-3H3,(H,34,35)(H2,32,33,38). The summed E-state index contributed by atoms with van der Waals surface area (Å²) in [5.41, 5.74) is 6.49. The maximum absolute atomic E-state index is 13.3. The van der Waals surface area contributed by atoms with Crippen LogP contribution in [0, 0.1) is 13.8 Å². The van der Waals surface area contributed by atoms with Crippen LogP contribution in [0.4, 0.5) is 5.69 Å². The SMILES string of the molecule is Cc1ccc(OCCCNc2cc[nH]c(=O)c2-c2nc3cc4c(cc3[nH]2)CN(C2CCN(C)CC2)C4=O)c(C)c1. The fraction of sp³-hybridized carbons (Fsp3) is 0.387. The Morgan fingerprint density at radius 3 is 2.73 bits per heavy atom. The molecule has 0 unspecified atom stereocenters. The van der Waals surface area contributed by atoms with Gasteiger partial charge >= 0.3 is 0 Å². The molecule has 0 bridgehead atoms. The lowest BCUT2D eigenvalue weighted by Gasteiger charge is -2.34. The number of hydrogen-bond acceptors (Lipinski definition) is 6. The summed E-state index contributed by atoms with van der Waals surface area (Å²) in [4.78, 5) is 41.4. The largest absolute Gasteiger partial charge is 0.493 e. The molecule has 0 saturated carbocycles. The molecule has 9 heteroatoms. The number of pyridine rings is 1. The smallest absolute Gasteiger partial charge is 0.261 e. The molecule has 1 saturated heterocycles. The van der Waals surface area contributed by atoms with Crippen LogP contribution in [-0.4, -0.2) is 70.0 Å². The first kappa shape index (κ1) is 26.1. The highest BCUT2D eigenvalue weighted by Gasteiger charge is 2.34. The van der Waals surface area contributed by atoms with Gasteiger partial charge in [0.15, 0.2) is 0 Å². The van der Waals surface area contributed by atoms with Crippen molar-refractivity contribution in [1.29, 1.82) is 0 Å². The summed E-state index contributed by atoms with van der Waals surface area (Å²) in [6.45, 7) is 7.96. The second-order valence-electron chi connectivity index (χ2n) is 11.1. The number of ether oxygens (including phenoxy) is 1. The molecule has 4 aromatic rings. The van der Waals surface area contributed by atoms with Gasteiger partial charge in [-0.25, -0.2) is 4.98 Å². The highest BCUT2D eigenvalue weighted by Crippen LogP contribution is 2.32. The van der Waals surface area contributed by atoms with Gasteiger partial charge in [-0.3, -0.25) is 9.59 Å². The molecular formula is C31H36N6O3. The Hall–Kier alpha value is -4.11. The molecular weight excluding hydrogens is 504 g/mol. The number of piperidine rings is 1. The third-order valence-corrected chi connectivity index (χ3v) is 8.09. The first-order chi connectivity index (χ1) is 19.4. The van der Waals surface area contributed by atoms with Crippen molar-refractivity contribution in [2.75, 3.05) is 38.6 Å². The Balaban J connectivity index is 1.16. The number of carbonyl (C=O) groups is 1. The van der Waals surface area contributed by atoms with Gasteiger partial charge in [0.1, 0.15) is 17.1 Å². The van der Waals surface area contributed by atoms with Crippen molar-refractivity contribution in [2.24, 2.45) is 0 Å². The van der Waals surface area contributed by atoms with E-state index < -0.39 is 0 Å². The topological polar surface area (TPSA) is 106 Å². The van der Waals surface area contributed by atoms with Crippen molar-refractivity contribution >= 4 is 22.6 Å². The summed E-state index contributed by atoms with van der Waals surface area (Å²) >= 11 is 0. The predicted octanol–water partition coefficient (Wildman–Crippen LogP) is 4.47. The highest BCUT2D eigenvalue weighted by molar-refractivity contribution is 6.02. The molecule has 40 heavy (non-hydrogen) atoms. The van der Waals surface area contributed by atoms with Gasteiger partial charge in [-0.1, -0.05) is 17.7 Å². The van der Waals surface area contributed by atoms with Crippen molar-refractivity contribution in [1.82, 2.24) is 24.8 Å². The van der Waals surface area contributed by atoms with Crippen LogP contribution in [0.2, 0.25) is 0 Å². The third kappa shape index (κ3) is 5.09. The maximum atomic E-state index is 13.3. The molecule has 9 nitrogen and oxygen atoms in total. The number of amides is 1. The van der Waals surface area contributed by atoms with Gasteiger partial charge in [-0.15, -0.1) is 0 Å². The number of nitrogens with one attached hydrogen (secondary N) is 3. The van der Waals surface area contributed by atoms with Gasteiger partial charge in [0.2, 0.25) is 0 Å². The van der Waals surface area contributed by atoms with E-state index in [1.165, 1.54) is 5.56 Å². The van der Waals surface area contributed by atoms with Gasteiger partial charge in [0.05, 0.1) is 23.3 Å². The Bertz CT molecular complexity index is 1620. The Morgan fingerprint density at radius 1 is 1.10 bits per heavy atom. The first-order valence-corrected chi connectivity index (χ1v) is 14.1. The zero-order chi connectivity index (χ0) is 27.8. The normalized spacial score (nSPS) is 16.1. The summed E-state index contributed by atoms with van der Waals surface area (Å²) in [6, 6.07) is 12.2. The van der Waals surface area contributed by atoms with E-state index in [2.05, 4.69) is 40.2 Å². The van der Waals surface area contributed by atoms with E-state index in [9.17, 15) is 9.59 Å². The fourth-order valence-corrected chi connectivity index (χ4v) is 5.86. The van der Waals surface area contributed by atoms with Crippen LogP contribution >= 0.6 is 0 Å². The van der Waals surface area contributed by atoms with Gasteiger partial charge in [0, 0.05) is 30.9 Å². The summed E-state index contributed by atoms with van der Waals surface area (Å²) in [5.74, 6) is 1.46.